The molecule has 1 amide bonds. The molecule has 0 saturated heterocycles. The molecule has 1 aliphatic rings. The molecule has 0 aromatic heterocycles. The van der Waals surface area contributed by atoms with Crippen LogP contribution < -0.4 is 10.3 Å². The Labute approximate surface area is 168 Å². The molecule has 1 unspecified atom stereocenters. The lowest BCUT2D eigenvalue weighted by Crippen LogP contribution is -2.45. The van der Waals surface area contributed by atoms with Crippen molar-refractivity contribution in [2.24, 2.45) is 5.10 Å². The predicted molar refractivity (Wildman–Crippen MR) is 117 cm³/mol. The van der Waals surface area contributed by atoms with Gasteiger partial charge in [-0.1, -0.05) is 37.3 Å². The molecule has 1 aliphatic heterocycles. The lowest BCUT2D eigenvalue weighted by Gasteiger charge is -2.45. The first kappa shape index (κ1) is 20.1. The molecular weight excluding hydrogens is 346 g/mol. The maximum Gasteiger partial charge on any atom is 0.240 e. The van der Waals surface area contributed by atoms with Crippen LogP contribution >= 0.6 is 0 Å². The molecule has 0 fully saturated rings. The molecule has 4 nitrogen and oxygen atoms in total. The number of hydrogen-bond donors (Lipinski definition) is 1. The number of amides is 1. The first-order chi connectivity index (χ1) is 13.3. The van der Waals surface area contributed by atoms with E-state index in [0.29, 0.717) is 12.3 Å². The van der Waals surface area contributed by atoms with Crippen LogP contribution in [0.5, 0.6) is 0 Å². The van der Waals surface area contributed by atoms with Gasteiger partial charge < -0.3 is 4.90 Å². The first-order valence-electron chi connectivity index (χ1n) is 10.0. The summed E-state index contributed by atoms with van der Waals surface area (Å²) in [5.74, 6) is 0.431. The molecule has 1 N–H and O–H groups in total. The summed E-state index contributed by atoms with van der Waals surface area (Å²) in [6.07, 6.45) is 4.04. The van der Waals surface area contributed by atoms with Crippen LogP contribution in [0.2, 0.25) is 0 Å². The Kier molecular flexibility index (Phi) is 5.87. The van der Waals surface area contributed by atoms with Crippen molar-refractivity contribution < 1.29 is 4.79 Å². The lowest BCUT2D eigenvalue weighted by atomic mass is 9.79. The van der Waals surface area contributed by atoms with Crippen LogP contribution in [-0.2, 0) is 11.2 Å². The summed E-state index contributed by atoms with van der Waals surface area (Å²) in [4.78, 5) is 14.4. The zero-order valence-electron chi connectivity index (χ0n) is 17.6. The van der Waals surface area contributed by atoms with Crippen LogP contribution in [0.4, 0.5) is 5.69 Å². The van der Waals surface area contributed by atoms with Crippen molar-refractivity contribution >= 4 is 17.8 Å². The normalized spacial score (nSPS) is 18.2. The molecule has 1 heterocycles. The van der Waals surface area contributed by atoms with E-state index in [1.807, 2.05) is 30.3 Å². The van der Waals surface area contributed by atoms with Gasteiger partial charge in [0.05, 0.1) is 6.21 Å². The van der Waals surface area contributed by atoms with E-state index in [0.717, 1.165) is 29.5 Å². The van der Waals surface area contributed by atoms with Gasteiger partial charge in [0, 0.05) is 24.7 Å². The summed E-state index contributed by atoms with van der Waals surface area (Å²) in [5.41, 5.74) is 8.85. The third-order valence-corrected chi connectivity index (χ3v) is 5.90. The highest BCUT2D eigenvalue weighted by Crippen LogP contribution is 2.43. The highest BCUT2D eigenvalue weighted by Gasteiger charge is 2.34. The van der Waals surface area contributed by atoms with E-state index in [9.17, 15) is 4.79 Å². The SMILES string of the molecule is Cc1cc2c(cc1/C=N/NC(=O)CCc1ccccc1)C(C)CC(C)(C)N2C. The summed E-state index contributed by atoms with van der Waals surface area (Å²) in [6, 6.07) is 14.5. The van der Waals surface area contributed by atoms with Crippen LogP contribution in [0.1, 0.15) is 61.8 Å². The van der Waals surface area contributed by atoms with Crippen molar-refractivity contribution in [3.63, 3.8) is 0 Å². The van der Waals surface area contributed by atoms with Gasteiger partial charge in [0.15, 0.2) is 0 Å². The van der Waals surface area contributed by atoms with Gasteiger partial charge in [-0.15, -0.1) is 0 Å². The van der Waals surface area contributed by atoms with E-state index >= 15 is 0 Å². The second-order valence-corrected chi connectivity index (χ2v) is 8.52. The van der Waals surface area contributed by atoms with Gasteiger partial charge in [-0.25, -0.2) is 5.43 Å². The number of fused-ring (bicyclic) bond motifs is 1. The molecule has 2 aromatic carbocycles. The minimum atomic E-state index is -0.0643. The first-order valence-corrected chi connectivity index (χ1v) is 10.0. The van der Waals surface area contributed by atoms with E-state index < -0.39 is 0 Å². The molecule has 0 aliphatic carbocycles. The van der Waals surface area contributed by atoms with Crippen molar-refractivity contribution in [3.8, 4) is 0 Å². The number of hydrogen-bond acceptors (Lipinski definition) is 3. The Balaban J connectivity index is 1.66. The van der Waals surface area contributed by atoms with Crippen molar-refractivity contribution in [3.05, 3.63) is 64.7 Å². The molecule has 2 aromatic rings. The Morgan fingerprint density at radius 2 is 2.00 bits per heavy atom. The summed E-state index contributed by atoms with van der Waals surface area (Å²) >= 11 is 0. The number of hydrazone groups is 1. The minimum Gasteiger partial charge on any atom is -0.369 e. The fourth-order valence-electron chi connectivity index (χ4n) is 4.01. The molecule has 3 rings (SSSR count). The van der Waals surface area contributed by atoms with Crippen molar-refractivity contribution in [1.82, 2.24) is 5.43 Å². The number of aryl methyl sites for hydroxylation is 2. The van der Waals surface area contributed by atoms with Gasteiger partial charge in [-0.2, -0.15) is 5.10 Å². The summed E-state index contributed by atoms with van der Waals surface area (Å²) in [6.45, 7) is 8.97. The van der Waals surface area contributed by atoms with E-state index in [1.165, 1.54) is 11.3 Å². The third-order valence-electron chi connectivity index (χ3n) is 5.90. The van der Waals surface area contributed by atoms with Gasteiger partial charge in [0.2, 0.25) is 5.91 Å². The van der Waals surface area contributed by atoms with Gasteiger partial charge in [0.1, 0.15) is 0 Å². The number of benzene rings is 2. The van der Waals surface area contributed by atoms with Crippen molar-refractivity contribution in [2.45, 2.75) is 58.4 Å². The Morgan fingerprint density at radius 1 is 1.29 bits per heavy atom. The van der Waals surface area contributed by atoms with Crippen LogP contribution in [0.15, 0.2) is 47.6 Å². The average Bonchev–Trinajstić information content (AvgIpc) is 2.66. The maximum atomic E-state index is 12.1. The van der Waals surface area contributed by atoms with E-state index in [2.05, 4.69) is 62.3 Å². The highest BCUT2D eigenvalue weighted by atomic mass is 16.2. The van der Waals surface area contributed by atoms with Crippen LogP contribution in [-0.4, -0.2) is 24.7 Å². The predicted octanol–water partition coefficient (Wildman–Crippen LogP) is 4.80. The Hall–Kier alpha value is -2.62. The van der Waals surface area contributed by atoms with Crippen molar-refractivity contribution in [1.29, 1.82) is 0 Å². The average molecular weight is 378 g/mol. The number of nitrogens with one attached hydrogen (secondary N) is 1. The van der Waals surface area contributed by atoms with Gasteiger partial charge >= 0.3 is 0 Å². The topological polar surface area (TPSA) is 44.7 Å². The third kappa shape index (κ3) is 4.44. The second-order valence-electron chi connectivity index (χ2n) is 8.52. The van der Waals surface area contributed by atoms with Gasteiger partial charge in [-0.05, 0) is 73.9 Å². The van der Waals surface area contributed by atoms with Gasteiger partial charge in [0.25, 0.3) is 0 Å². The Bertz CT molecular complexity index is 871. The number of carbonyl (C=O) groups excluding carboxylic acids is 1. The van der Waals surface area contributed by atoms with Crippen molar-refractivity contribution in [2.75, 3.05) is 11.9 Å². The van der Waals surface area contributed by atoms with E-state index in [1.54, 1.807) is 6.21 Å². The molecule has 1 atom stereocenters. The fourth-order valence-corrected chi connectivity index (χ4v) is 4.01. The number of nitrogens with zero attached hydrogens (tertiary/aromatic N) is 2. The summed E-state index contributed by atoms with van der Waals surface area (Å²) in [7, 11) is 2.17. The molecule has 28 heavy (non-hydrogen) atoms. The molecule has 0 saturated carbocycles. The monoisotopic (exact) mass is 377 g/mol. The summed E-state index contributed by atoms with van der Waals surface area (Å²) in [5, 5.41) is 4.20. The quantitative estimate of drug-likeness (QED) is 0.601. The fraction of sp³-hybridized carbons (Fsp3) is 0.417. The molecule has 0 bridgehead atoms. The summed E-state index contributed by atoms with van der Waals surface area (Å²) < 4.78 is 0. The largest absolute Gasteiger partial charge is 0.369 e. The standard InChI is InChI=1S/C24H31N3O/c1-17-13-22-21(18(2)15-24(3,4)27(22)5)14-20(17)16-25-26-23(28)12-11-19-9-7-6-8-10-19/h6-10,13-14,16,18H,11-12,15H2,1-5H3,(H,26,28)/b25-16+. The van der Waals surface area contributed by atoms with Gasteiger partial charge in [-0.3, -0.25) is 4.79 Å². The zero-order chi connectivity index (χ0) is 20.3. The zero-order valence-corrected chi connectivity index (χ0v) is 17.6. The number of anilines is 1. The maximum absolute atomic E-state index is 12.1. The van der Waals surface area contributed by atoms with Crippen LogP contribution in [0.25, 0.3) is 0 Å². The van der Waals surface area contributed by atoms with Crippen LogP contribution in [0, 0.1) is 6.92 Å². The lowest BCUT2D eigenvalue weighted by molar-refractivity contribution is -0.121. The van der Waals surface area contributed by atoms with E-state index in [4.69, 9.17) is 0 Å². The Morgan fingerprint density at radius 3 is 2.71 bits per heavy atom. The highest BCUT2D eigenvalue weighted by molar-refractivity contribution is 5.85. The van der Waals surface area contributed by atoms with E-state index in [-0.39, 0.29) is 11.4 Å². The molecule has 0 spiro atoms. The second kappa shape index (κ2) is 8.17. The smallest absolute Gasteiger partial charge is 0.240 e. The molecular formula is C24H31N3O. The number of rotatable bonds is 5. The molecule has 148 valence electrons. The van der Waals surface area contributed by atoms with Crippen LogP contribution in [0.3, 0.4) is 0 Å². The molecule has 4 heteroatoms. The number of carbonyl (C=O) groups is 1. The minimum absolute atomic E-state index is 0.0643. The molecule has 0 radical (unpaired) electrons.